The van der Waals surface area contributed by atoms with Crippen LogP contribution in [0.15, 0.2) is 43.0 Å². The molecule has 106 valence electrons. The Hall–Kier alpha value is -2.71. The molecule has 0 unspecified atom stereocenters. The van der Waals surface area contributed by atoms with Gasteiger partial charge in [0, 0.05) is 31.5 Å². The third-order valence-electron chi connectivity index (χ3n) is 2.86. The number of nitrogens with zero attached hydrogens (tertiary/aromatic N) is 3. The minimum atomic E-state index is -0.109. The molecule has 2 rings (SSSR count). The summed E-state index contributed by atoms with van der Waals surface area (Å²) < 4.78 is 0. The van der Waals surface area contributed by atoms with Crippen molar-refractivity contribution in [2.45, 2.75) is 6.54 Å². The molecule has 0 bridgehead atoms. The summed E-state index contributed by atoms with van der Waals surface area (Å²) in [6.07, 6.45) is 4.42. The van der Waals surface area contributed by atoms with E-state index in [0.29, 0.717) is 18.7 Å². The molecule has 0 aliphatic heterocycles. The first-order valence-electron chi connectivity index (χ1n) is 6.49. The Morgan fingerprint density at radius 2 is 1.90 bits per heavy atom. The van der Waals surface area contributed by atoms with Crippen LogP contribution in [-0.2, 0) is 6.54 Å². The van der Waals surface area contributed by atoms with Gasteiger partial charge in [0.2, 0.25) is 0 Å². The minimum absolute atomic E-state index is 0.109. The average Bonchev–Trinajstić information content (AvgIpc) is 2.54. The first kappa shape index (κ1) is 14.7. The molecular formula is C16H16N4O. The molecule has 0 saturated carbocycles. The van der Waals surface area contributed by atoms with Gasteiger partial charge in [-0.15, -0.1) is 0 Å². The van der Waals surface area contributed by atoms with E-state index in [1.165, 1.54) is 18.7 Å². The van der Waals surface area contributed by atoms with E-state index in [4.69, 9.17) is 5.73 Å². The number of amides is 1. The Morgan fingerprint density at radius 3 is 2.52 bits per heavy atom. The number of nitrogens with two attached hydrogens (primary N) is 1. The maximum absolute atomic E-state index is 12.2. The fourth-order valence-electron chi connectivity index (χ4n) is 1.82. The van der Waals surface area contributed by atoms with Gasteiger partial charge in [-0.3, -0.25) is 4.79 Å². The summed E-state index contributed by atoms with van der Waals surface area (Å²) in [5, 5.41) is 0. The van der Waals surface area contributed by atoms with Gasteiger partial charge in [-0.05, 0) is 17.7 Å². The van der Waals surface area contributed by atoms with Crippen molar-refractivity contribution >= 4 is 5.91 Å². The molecule has 21 heavy (non-hydrogen) atoms. The summed E-state index contributed by atoms with van der Waals surface area (Å²) in [6.45, 7) is 0.858. The number of rotatable bonds is 3. The van der Waals surface area contributed by atoms with Crippen molar-refractivity contribution in [1.82, 2.24) is 14.9 Å². The molecule has 2 aromatic rings. The monoisotopic (exact) mass is 280 g/mol. The lowest BCUT2D eigenvalue weighted by Gasteiger charge is -2.16. The molecule has 0 radical (unpaired) electrons. The van der Waals surface area contributed by atoms with Crippen molar-refractivity contribution in [3.8, 4) is 11.8 Å². The second-order valence-corrected chi connectivity index (χ2v) is 4.49. The zero-order chi connectivity index (χ0) is 15.1. The van der Waals surface area contributed by atoms with E-state index in [9.17, 15) is 4.79 Å². The van der Waals surface area contributed by atoms with Gasteiger partial charge in [-0.1, -0.05) is 24.0 Å². The quantitative estimate of drug-likeness (QED) is 0.853. The molecule has 1 amide bonds. The first-order valence-corrected chi connectivity index (χ1v) is 6.49. The average molecular weight is 280 g/mol. The van der Waals surface area contributed by atoms with Crippen LogP contribution in [0.4, 0.5) is 0 Å². The smallest absolute Gasteiger partial charge is 0.257 e. The second-order valence-electron chi connectivity index (χ2n) is 4.49. The SMILES string of the molecule is CN(Cc1ccc(C#CCN)cc1)C(=O)c1cncnc1. The van der Waals surface area contributed by atoms with Gasteiger partial charge >= 0.3 is 0 Å². The zero-order valence-electron chi connectivity index (χ0n) is 11.8. The van der Waals surface area contributed by atoms with E-state index in [2.05, 4.69) is 21.8 Å². The maximum Gasteiger partial charge on any atom is 0.257 e. The molecule has 0 aliphatic rings. The Balaban J connectivity index is 2.02. The summed E-state index contributed by atoms with van der Waals surface area (Å²) >= 11 is 0. The number of hydrogen-bond acceptors (Lipinski definition) is 4. The van der Waals surface area contributed by atoms with Crippen LogP contribution >= 0.6 is 0 Å². The van der Waals surface area contributed by atoms with Gasteiger partial charge in [-0.25, -0.2) is 9.97 Å². The van der Waals surface area contributed by atoms with Crippen LogP contribution in [0.2, 0.25) is 0 Å². The van der Waals surface area contributed by atoms with Crippen molar-refractivity contribution in [3.05, 3.63) is 59.7 Å². The van der Waals surface area contributed by atoms with E-state index < -0.39 is 0 Å². The van der Waals surface area contributed by atoms with Crippen LogP contribution in [0, 0.1) is 11.8 Å². The Morgan fingerprint density at radius 1 is 1.24 bits per heavy atom. The molecule has 0 aliphatic carbocycles. The summed E-state index contributed by atoms with van der Waals surface area (Å²) in [5.74, 6) is 5.66. The van der Waals surface area contributed by atoms with E-state index in [0.717, 1.165) is 11.1 Å². The van der Waals surface area contributed by atoms with Gasteiger partial charge in [-0.2, -0.15) is 0 Å². The lowest BCUT2D eigenvalue weighted by molar-refractivity contribution is 0.0784. The van der Waals surface area contributed by atoms with Crippen LogP contribution in [0.25, 0.3) is 0 Å². The molecule has 0 saturated heterocycles. The number of carbonyl (C=O) groups excluding carboxylic acids is 1. The molecule has 1 aromatic heterocycles. The minimum Gasteiger partial charge on any atom is -0.337 e. The van der Waals surface area contributed by atoms with Crippen LogP contribution in [0.1, 0.15) is 21.5 Å². The highest BCUT2D eigenvalue weighted by atomic mass is 16.2. The lowest BCUT2D eigenvalue weighted by Crippen LogP contribution is -2.26. The summed E-state index contributed by atoms with van der Waals surface area (Å²) in [4.78, 5) is 21.5. The van der Waals surface area contributed by atoms with Crippen molar-refractivity contribution in [2.75, 3.05) is 13.6 Å². The topological polar surface area (TPSA) is 72.1 Å². The maximum atomic E-state index is 12.2. The zero-order valence-corrected chi connectivity index (χ0v) is 11.8. The molecule has 0 fully saturated rings. The molecule has 0 atom stereocenters. The molecule has 5 nitrogen and oxygen atoms in total. The first-order chi connectivity index (χ1) is 10.2. The summed E-state index contributed by atoms with van der Waals surface area (Å²) in [5.41, 5.74) is 7.75. The van der Waals surface area contributed by atoms with Gasteiger partial charge in [0.15, 0.2) is 0 Å². The number of aromatic nitrogens is 2. The van der Waals surface area contributed by atoms with E-state index in [-0.39, 0.29) is 5.91 Å². The highest BCUT2D eigenvalue weighted by Gasteiger charge is 2.12. The van der Waals surface area contributed by atoms with Gasteiger partial charge < -0.3 is 10.6 Å². The van der Waals surface area contributed by atoms with Gasteiger partial charge in [0.1, 0.15) is 6.33 Å². The van der Waals surface area contributed by atoms with Crippen molar-refractivity contribution in [1.29, 1.82) is 0 Å². The third kappa shape index (κ3) is 4.13. The molecule has 5 heteroatoms. The van der Waals surface area contributed by atoms with Crippen molar-refractivity contribution in [2.24, 2.45) is 5.73 Å². The van der Waals surface area contributed by atoms with E-state index >= 15 is 0 Å². The third-order valence-corrected chi connectivity index (χ3v) is 2.86. The normalized spacial score (nSPS) is 9.62. The Bertz CT molecular complexity index is 656. The predicted octanol–water partition coefficient (Wildman–Crippen LogP) is 1.06. The molecule has 0 spiro atoms. The molecular weight excluding hydrogens is 264 g/mol. The van der Waals surface area contributed by atoms with Crippen molar-refractivity contribution in [3.63, 3.8) is 0 Å². The molecule has 1 heterocycles. The fourth-order valence-corrected chi connectivity index (χ4v) is 1.82. The highest BCUT2D eigenvalue weighted by molar-refractivity contribution is 5.93. The van der Waals surface area contributed by atoms with E-state index in [1.54, 1.807) is 11.9 Å². The van der Waals surface area contributed by atoms with Crippen LogP contribution < -0.4 is 5.73 Å². The Labute approximate surface area is 123 Å². The van der Waals surface area contributed by atoms with Crippen LogP contribution in [0.5, 0.6) is 0 Å². The lowest BCUT2D eigenvalue weighted by atomic mass is 10.1. The van der Waals surface area contributed by atoms with E-state index in [1.807, 2.05) is 24.3 Å². The Kier molecular flexibility index (Phi) is 5.02. The van der Waals surface area contributed by atoms with Crippen LogP contribution in [-0.4, -0.2) is 34.4 Å². The number of carbonyl (C=O) groups is 1. The largest absolute Gasteiger partial charge is 0.337 e. The summed E-state index contributed by atoms with van der Waals surface area (Å²) in [7, 11) is 1.75. The fraction of sp³-hybridized carbons (Fsp3) is 0.188. The van der Waals surface area contributed by atoms with Gasteiger partial charge in [0.25, 0.3) is 5.91 Å². The molecule has 1 aromatic carbocycles. The van der Waals surface area contributed by atoms with Gasteiger partial charge in [0.05, 0.1) is 12.1 Å². The second kappa shape index (κ2) is 7.17. The number of benzene rings is 1. The van der Waals surface area contributed by atoms with Crippen molar-refractivity contribution < 1.29 is 4.79 Å². The predicted molar refractivity (Wildman–Crippen MR) is 80.2 cm³/mol. The molecule has 2 N–H and O–H groups in total. The highest BCUT2D eigenvalue weighted by Crippen LogP contribution is 2.08. The van der Waals surface area contributed by atoms with Crippen LogP contribution in [0.3, 0.4) is 0 Å². The number of hydrogen-bond donors (Lipinski definition) is 1. The summed E-state index contributed by atoms with van der Waals surface area (Å²) in [6, 6.07) is 7.74. The standard InChI is InChI=1S/C16H16N4O/c1-20(16(21)15-9-18-12-19-10-15)11-14-6-4-13(5-7-14)3-2-8-17/h4-7,9-10,12H,8,11,17H2,1H3.